The molecule has 1 aromatic carbocycles. The molecule has 0 saturated carbocycles. The smallest absolute Gasteiger partial charge is 0.259 e. The molecule has 1 N–H and O–H groups in total. The van der Waals surface area contributed by atoms with Crippen molar-refractivity contribution in [3.05, 3.63) is 60.0 Å². The molecule has 0 bridgehead atoms. The number of fused-ring (bicyclic) bond motifs is 1. The third-order valence-corrected chi connectivity index (χ3v) is 4.09. The van der Waals surface area contributed by atoms with Gasteiger partial charge in [0.05, 0.1) is 17.5 Å². The summed E-state index contributed by atoms with van der Waals surface area (Å²) in [5.41, 5.74) is 1.96. The van der Waals surface area contributed by atoms with E-state index in [4.69, 9.17) is 9.47 Å². The number of carbonyl (C=O) groups excluding carboxylic acids is 1. The SMILES string of the molecule is CC(C)c1c(C(=O)Nc2ccc3c(c2)OCO3)cnn1-c1ccccn1. The predicted molar refractivity (Wildman–Crippen MR) is 96.0 cm³/mol. The molecule has 26 heavy (non-hydrogen) atoms. The molecule has 1 aliphatic rings. The second-order valence-electron chi connectivity index (χ2n) is 6.22. The zero-order valence-corrected chi connectivity index (χ0v) is 14.5. The predicted octanol–water partition coefficient (Wildman–Crippen LogP) is 3.37. The molecule has 0 atom stereocenters. The third kappa shape index (κ3) is 2.88. The van der Waals surface area contributed by atoms with Crippen LogP contribution in [0.5, 0.6) is 11.5 Å². The maximum absolute atomic E-state index is 12.8. The minimum Gasteiger partial charge on any atom is -0.454 e. The molecule has 3 heterocycles. The summed E-state index contributed by atoms with van der Waals surface area (Å²) < 4.78 is 12.4. The van der Waals surface area contributed by atoms with Crippen molar-refractivity contribution in [3.8, 4) is 17.3 Å². The van der Waals surface area contributed by atoms with Gasteiger partial charge in [0.15, 0.2) is 17.3 Å². The highest BCUT2D eigenvalue weighted by atomic mass is 16.7. The molecule has 2 aromatic heterocycles. The van der Waals surface area contributed by atoms with Crippen molar-refractivity contribution in [1.82, 2.24) is 14.8 Å². The summed E-state index contributed by atoms with van der Waals surface area (Å²) in [5.74, 6) is 1.84. The molecule has 0 fully saturated rings. The van der Waals surface area contributed by atoms with Gasteiger partial charge in [0.1, 0.15) is 0 Å². The average Bonchev–Trinajstić information content (AvgIpc) is 3.29. The number of aromatic nitrogens is 3. The lowest BCUT2D eigenvalue weighted by atomic mass is 10.1. The molecule has 7 nitrogen and oxygen atoms in total. The van der Waals surface area contributed by atoms with E-state index < -0.39 is 0 Å². The first-order valence-electron chi connectivity index (χ1n) is 8.34. The minimum atomic E-state index is -0.227. The van der Waals surface area contributed by atoms with Crippen LogP contribution in [-0.4, -0.2) is 27.5 Å². The molecule has 7 heteroatoms. The first-order valence-corrected chi connectivity index (χ1v) is 8.34. The molecule has 0 spiro atoms. The highest BCUT2D eigenvalue weighted by molar-refractivity contribution is 6.05. The third-order valence-electron chi connectivity index (χ3n) is 4.09. The Labute approximate surface area is 150 Å². The lowest BCUT2D eigenvalue weighted by Gasteiger charge is -2.12. The van der Waals surface area contributed by atoms with E-state index in [0.717, 1.165) is 5.69 Å². The Balaban J connectivity index is 1.65. The van der Waals surface area contributed by atoms with E-state index in [1.165, 1.54) is 0 Å². The number of hydrogen-bond donors (Lipinski definition) is 1. The molecule has 0 saturated heterocycles. The Hall–Kier alpha value is -3.35. The fourth-order valence-corrected chi connectivity index (χ4v) is 2.92. The van der Waals surface area contributed by atoms with Crippen LogP contribution in [0.15, 0.2) is 48.8 Å². The number of amides is 1. The topological polar surface area (TPSA) is 78.3 Å². The number of nitrogens with one attached hydrogen (secondary N) is 1. The van der Waals surface area contributed by atoms with Gasteiger partial charge in [-0.15, -0.1) is 0 Å². The highest BCUT2D eigenvalue weighted by Crippen LogP contribution is 2.34. The summed E-state index contributed by atoms with van der Waals surface area (Å²) in [6.45, 7) is 4.24. The number of carbonyl (C=O) groups is 1. The summed E-state index contributed by atoms with van der Waals surface area (Å²) in [4.78, 5) is 17.2. The molecule has 1 aliphatic heterocycles. The number of pyridine rings is 1. The summed E-state index contributed by atoms with van der Waals surface area (Å²) in [6, 6.07) is 10.9. The van der Waals surface area contributed by atoms with Crippen molar-refractivity contribution in [3.63, 3.8) is 0 Å². The van der Waals surface area contributed by atoms with Crippen LogP contribution in [0.3, 0.4) is 0 Å². The monoisotopic (exact) mass is 350 g/mol. The van der Waals surface area contributed by atoms with Crippen LogP contribution in [0.4, 0.5) is 5.69 Å². The van der Waals surface area contributed by atoms with Crippen LogP contribution < -0.4 is 14.8 Å². The van der Waals surface area contributed by atoms with Crippen molar-refractivity contribution in [1.29, 1.82) is 0 Å². The quantitative estimate of drug-likeness (QED) is 0.780. The second-order valence-corrected chi connectivity index (χ2v) is 6.22. The molecule has 132 valence electrons. The second kappa shape index (κ2) is 6.51. The van der Waals surface area contributed by atoms with E-state index in [1.54, 1.807) is 35.3 Å². The van der Waals surface area contributed by atoms with E-state index in [9.17, 15) is 4.79 Å². The van der Waals surface area contributed by atoms with Gasteiger partial charge in [-0.25, -0.2) is 9.67 Å². The maximum Gasteiger partial charge on any atom is 0.259 e. The van der Waals surface area contributed by atoms with Crippen LogP contribution in [0, 0.1) is 0 Å². The average molecular weight is 350 g/mol. The standard InChI is InChI=1S/C19H18N4O3/c1-12(2)18-14(10-21-23(18)17-5-3-4-8-20-17)19(24)22-13-6-7-15-16(9-13)26-11-25-15/h3-10,12H,11H2,1-2H3,(H,22,24). The fourth-order valence-electron chi connectivity index (χ4n) is 2.92. The zero-order valence-electron chi connectivity index (χ0n) is 14.5. The van der Waals surface area contributed by atoms with E-state index >= 15 is 0 Å². The van der Waals surface area contributed by atoms with Crippen molar-refractivity contribution in [2.75, 3.05) is 12.1 Å². The fraction of sp³-hybridized carbons (Fsp3) is 0.211. The molecular weight excluding hydrogens is 332 g/mol. The Morgan fingerprint density at radius 3 is 2.81 bits per heavy atom. The van der Waals surface area contributed by atoms with Crippen LogP contribution in [0.1, 0.15) is 35.8 Å². The van der Waals surface area contributed by atoms with Gasteiger partial charge in [-0.3, -0.25) is 4.79 Å². The summed E-state index contributed by atoms with van der Waals surface area (Å²) in [5, 5.41) is 7.28. The van der Waals surface area contributed by atoms with Gasteiger partial charge in [0, 0.05) is 18.0 Å². The maximum atomic E-state index is 12.8. The zero-order chi connectivity index (χ0) is 18.1. The van der Waals surface area contributed by atoms with Crippen molar-refractivity contribution in [2.24, 2.45) is 0 Å². The lowest BCUT2D eigenvalue weighted by Crippen LogP contribution is -2.15. The van der Waals surface area contributed by atoms with Crippen molar-refractivity contribution in [2.45, 2.75) is 19.8 Å². The molecular formula is C19H18N4O3. The van der Waals surface area contributed by atoms with Gasteiger partial charge in [0.2, 0.25) is 6.79 Å². The van der Waals surface area contributed by atoms with Crippen molar-refractivity contribution >= 4 is 11.6 Å². The summed E-state index contributed by atoms with van der Waals surface area (Å²) >= 11 is 0. The number of benzene rings is 1. The largest absolute Gasteiger partial charge is 0.454 e. The van der Waals surface area contributed by atoms with E-state index in [2.05, 4.69) is 15.4 Å². The van der Waals surface area contributed by atoms with Crippen LogP contribution in [-0.2, 0) is 0 Å². The molecule has 1 amide bonds. The molecule has 0 aliphatic carbocycles. The summed E-state index contributed by atoms with van der Waals surface area (Å²) in [7, 11) is 0. The first kappa shape index (κ1) is 16.1. The van der Waals surface area contributed by atoms with E-state index in [0.29, 0.717) is 28.6 Å². The molecule has 4 rings (SSSR count). The molecule has 3 aromatic rings. The minimum absolute atomic E-state index is 0.0945. The van der Waals surface area contributed by atoms with Gasteiger partial charge in [-0.05, 0) is 30.2 Å². The molecule has 0 unspecified atom stereocenters. The number of hydrogen-bond acceptors (Lipinski definition) is 5. The van der Waals surface area contributed by atoms with Gasteiger partial charge in [-0.2, -0.15) is 5.10 Å². The number of ether oxygens (including phenoxy) is 2. The normalized spacial score (nSPS) is 12.4. The first-order chi connectivity index (χ1) is 12.6. The van der Waals surface area contributed by atoms with E-state index in [-0.39, 0.29) is 18.6 Å². The van der Waals surface area contributed by atoms with Gasteiger partial charge in [-0.1, -0.05) is 19.9 Å². The highest BCUT2D eigenvalue weighted by Gasteiger charge is 2.22. The Bertz CT molecular complexity index is 951. The lowest BCUT2D eigenvalue weighted by molar-refractivity contribution is 0.102. The van der Waals surface area contributed by atoms with Gasteiger partial charge < -0.3 is 14.8 Å². The number of anilines is 1. The Kier molecular flexibility index (Phi) is 4.04. The number of nitrogens with zero attached hydrogens (tertiary/aromatic N) is 3. The van der Waals surface area contributed by atoms with Crippen LogP contribution >= 0.6 is 0 Å². The Morgan fingerprint density at radius 1 is 1.19 bits per heavy atom. The van der Waals surface area contributed by atoms with Crippen LogP contribution in [0.2, 0.25) is 0 Å². The van der Waals surface area contributed by atoms with E-state index in [1.807, 2.05) is 32.0 Å². The molecule has 0 radical (unpaired) electrons. The van der Waals surface area contributed by atoms with Gasteiger partial charge >= 0.3 is 0 Å². The van der Waals surface area contributed by atoms with Crippen LogP contribution in [0.25, 0.3) is 5.82 Å². The van der Waals surface area contributed by atoms with Crippen molar-refractivity contribution < 1.29 is 14.3 Å². The summed E-state index contributed by atoms with van der Waals surface area (Å²) in [6.07, 6.45) is 3.28. The Morgan fingerprint density at radius 2 is 2.04 bits per heavy atom. The van der Waals surface area contributed by atoms with Gasteiger partial charge in [0.25, 0.3) is 5.91 Å². The number of rotatable bonds is 4.